The molecule has 2 aromatic heterocycles. The third-order valence-corrected chi connectivity index (χ3v) is 4.74. The average molecular weight is 374 g/mol. The zero-order valence-corrected chi connectivity index (χ0v) is 15.5. The lowest BCUT2D eigenvalue weighted by Gasteiger charge is -2.24. The number of pyridine rings is 2. The molecule has 1 N–H and O–H groups in total. The number of hydrogen-bond acceptors (Lipinski definition) is 5. The largest absolute Gasteiger partial charge is 0.484 e. The first kappa shape index (κ1) is 18.0. The van der Waals surface area contributed by atoms with Crippen LogP contribution in [-0.4, -0.2) is 33.9 Å². The van der Waals surface area contributed by atoms with Crippen LogP contribution in [0.3, 0.4) is 0 Å². The number of carbonyl (C=O) groups excluding carboxylic acids is 1. The smallest absolute Gasteiger partial charge is 0.261 e. The maximum absolute atomic E-state index is 12.7. The van der Waals surface area contributed by atoms with Gasteiger partial charge in [-0.2, -0.15) is 0 Å². The van der Waals surface area contributed by atoms with Gasteiger partial charge in [-0.05, 0) is 49.2 Å². The molecule has 28 heavy (non-hydrogen) atoms. The molecule has 3 aromatic rings. The van der Waals surface area contributed by atoms with Gasteiger partial charge in [0.05, 0.1) is 23.6 Å². The second-order valence-electron chi connectivity index (χ2n) is 6.66. The molecule has 0 bridgehead atoms. The van der Waals surface area contributed by atoms with E-state index in [2.05, 4.69) is 15.3 Å². The fourth-order valence-electron chi connectivity index (χ4n) is 3.38. The molecule has 0 spiro atoms. The summed E-state index contributed by atoms with van der Waals surface area (Å²) in [6.45, 7) is 0.775. The highest BCUT2D eigenvalue weighted by atomic mass is 16.5. The SMILES string of the molecule is O=C(COc1ccccc1)N1CCCC1c1ccc(Nc2ccccn2)cn1. The van der Waals surface area contributed by atoms with Crippen LogP contribution >= 0.6 is 0 Å². The van der Waals surface area contributed by atoms with Crippen LogP contribution in [0.15, 0.2) is 73.1 Å². The number of hydrogen-bond donors (Lipinski definition) is 1. The number of ether oxygens (including phenoxy) is 1. The van der Waals surface area contributed by atoms with Crippen molar-refractivity contribution in [3.8, 4) is 5.75 Å². The van der Waals surface area contributed by atoms with Crippen LogP contribution in [0.4, 0.5) is 11.5 Å². The monoisotopic (exact) mass is 374 g/mol. The molecule has 1 amide bonds. The minimum Gasteiger partial charge on any atom is -0.484 e. The van der Waals surface area contributed by atoms with Crippen molar-refractivity contribution in [2.75, 3.05) is 18.5 Å². The summed E-state index contributed by atoms with van der Waals surface area (Å²) >= 11 is 0. The molecule has 1 atom stereocenters. The summed E-state index contributed by atoms with van der Waals surface area (Å²) < 4.78 is 5.62. The molecule has 3 heterocycles. The molecule has 6 nitrogen and oxygen atoms in total. The van der Waals surface area contributed by atoms with Gasteiger partial charge >= 0.3 is 0 Å². The van der Waals surface area contributed by atoms with Gasteiger partial charge in [-0.1, -0.05) is 24.3 Å². The van der Waals surface area contributed by atoms with Crippen LogP contribution in [0, 0.1) is 0 Å². The van der Waals surface area contributed by atoms with Crippen LogP contribution in [-0.2, 0) is 4.79 Å². The third-order valence-electron chi connectivity index (χ3n) is 4.74. The lowest BCUT2D eigenvalue weighted by molar-refractivity contribution is -0.134. The van der Waals surface area contributed by atoms with Crippen molar-refractivity contribution in [2.45, 2.75) is 18.9 Å². The normalized spacial score (nSPS) is 16.0. The number of amides is 1. The summed E-state index contributed by atoms with van der Waals surface area (Å²) in [5.41, 5.74) is 1.77. The van der Waals surface area contributed by atoms with Gasteiger partial charge in [-0.15, -0.1) is 0 Å². The summed E-state index contributed by atoms with van der Waals surface area (Å²) in [7, 11) is 0. The number of carbonyl (C=O) groups is 1. The number of nitrogens with one attached hydrogen (secondary N) is 1. The molecule has 0 saturated carbocycles. The number of para-hydroxylation sites is 1. The first-order chi connectivity index (χ1) is 13.8. The molecule has 0 aliphatic carbocycles. The van der Waals surface area contributed by atoms with E-state index >= 15 is 0 Å². The predicted octanol–water partition coefficient (Wildman–Crippen LogP) is 3.96. The van der Waals surface area contributed by atoms with Crippen LogP contribution in [0.1, 0.15) is 24.6 Å². The van der Waals surface area contributed by atoms with E-state index in [4.69, 9.17) is 4.74 Å². The Labute approximate surface area is 164 Å². The maximum Gasteiger partial charge on any atom is 0.261 e. The molecule has 0 radical (unpaired) electrons. The van der Waals surface area contributed by atoms with Crippen molar-refractivity contribution < 1.29 is 9.53 Å². The molecular formula is C22H22N4O2. The minimum atomic E-state index is -0.0103. The Bertz CT molecular complexity index is 901. The number of nitrogens with zero attached hydrogens (tertiary/aromatic N) is 3. The zero-order chi connectivity index (χ0) is 19.2. The van der Waals surface area contributed by atoms with Gasteiger partial charge in [0.25, 0.3) is 5.91 Å². The molecule has 1 aliphatic heterocycles. The number of aromatic nitrogens is 2. The highest BCUT2D eigenvalue weighted by molar-refractivity contribution is 5.78. The predicted molar refractivity (Wildman–Crippen MR) is 107 cm³/mol. The number of rotatable bonds is 6. The maximum atomic E-state index is 12.7. The van der Waals surface area contributed by atoms with Gasteiger partial charge in [0, 0.05) is 12.7 Å². The molecule has 1 unspecified atom stereocenters. The van der Waals surface area contributed by atoms with Crippen molar-refractivity contribution in [2.24, 2.45) is 0 Å². The Morgan fingerprint density at radius 2 is 1.93 bits per heavy atom. The third kappa shape index (κ3) is 4.28. The molecule has 6 heteroatoms. The molecule has 1 aromatic carbocycles. The van der Waals surface area contributed by atoms with E-state index in [9.17, 15) is 4.79 Å². The molecule has 1 fully saturated rings. The van der Waals surface area contributed by atoms with E-state index in [1.807, 2.05) is 65.6 Å². The lowest BCUT2D eigenvalue weighted by Crippen LogP contribution is -2.34. The fourth-order valence-corrected chi connectivity index (χ4v) is 3.38. The van der Waals surface area contributed by atoms with Crippen LogP contribution in [0.5, 0.6) is 5.75 Å². The van der Waals surface area contributed by atoms with Gasteiger partial charge in [-0.3, -0.25) is 9.78 Å². The highest BCUT2D eigenvalue weighted by Crippen LogP contribution is 2.31. The summed E-state index contributed by atoms with van der Waals surface area (Å²) in [5, 5.41) is 3.22. The second kappa shape index (κ2) is 8.52. The van der Waals surface area contributed by atoms with Gasteiger partial charge in [0.15, 0.2) is 6.61 Å². The highest BCUT2D eigenvalue weighted by Gasteiger charge is 2.31. The molecule has 4 rings (SSSR count). The standard InChI is InChI=1S/C22H22N4O2/c27-22(16-28-18-7-2-1-3-8-18)26-14-6-9-20(26)19-12-11-17(15-24-19)25-21-10-4-5-13-23-21/h1-5,7-8,10-13,15,20H,6,9,14,16H2,(H,23,25). The van der Waals surface area contributed by atoms with Crippen molar-refractivity contribution in [3.63, 3.8) is 0 Å². The number of anilines is 2. The summed E-state index contributed by atoms with van der Waals surface area (Å²) in [6.07, 6.45) is 5.41. The summed E-state index contributed by atoms with van der Waals surface area (Å²) in [6, 6.07) is 19.0. The lowest BCUT2D eigenvalue weighted by atomic mass is 10.1. The average Bonchev–Trinajstić information content (AvgIpc) is 3.24. The van der Waals surface area contributed by atoms with Gasteiger partial charge in [0.2, 0.25) is 0 Å². The van der Waals surface area contributed by atoms with E-state index in [-0.39, 0.29) is 18.6 Å². The topological polar surface area (TPSA) is 67.3 Å². The Kier molecular flexibility index (Phi) is 5.47. The minimum absolute atomic E-state index is 0.00391. The van der Waals surface area contributed by atoms with Crippen molar-refractivity contribution in [1.82, 2.24) is 14.9 Å². The van der Waals surface area contributed by atoms with Crippen LogP contribution in [0.2, 0.25) is 0 Å². The van der Waals surface area contributed by atoms with E-state index in [1.54, 1.807) is 12.4 Å². The van der Waals surface area contributed by atoms with Crippen molar-refractivity contribution in [3.05, 3.63) is 78.8 Å². The molecular weight excluding hydrogens is 352 g/mol. The van der Waals surface area contributed by atoms with Gasteiger partial charge in [0.1, 0.15) is 11.6 Å². The summed E-state index contributed by atoms with van der Waals surface area (Å²) in [4.78, 5) is 23.4. The Morgan fingerprint density at radius 1 is 1.07 bits per heavy atom. The second-order valence-corrected chi connectivity index (χ2v) is 6.66. The molecule has 1 aliphatic rings. The zero-order valence-electron chi connectivity index (χ0n) is 15.5. The Balaban J connectivity index is 1.39. The van der Waals surface area contributed by atoms with E-state index in [1.165, 1.54) is 0 Å². The molecule has 1 saturated heterocycles. The number of benzene rings is 1. The fraction of sp³-hybridized carbons (Fsp3) is 0.227. The van der Waals surface area contributed by atoms with E-state index in [0.29, 0.717) is 5.75 Å². The first-order valence-electron chi connectivity index (χ1n) is 9.41. The van der Waals surface area contributed by atoms with Crippen LogP contribution in [0.25, 0.3) is 0 Å². The summed E-state index contributed by atoms with van der Waals surface area (Å²) in [5.74, 6) is 1.46. The Hall–Kier alpha value is -3.41. The van der Waals surface area contributed by atoms with Crippen molar-refractivity contribution in [1.29, 1.82) is 0 Å². The molecule has 142 valence electrons. The first-order valence-corrected chi connectivity index (χ1v) is 9.41. The van der Waals surface area contributed by atoms with Gasteiger partial charge < -0.3 is 15.0 Å². The van der Waals surface area contributed by atoms with E-state index < -0.39 is 0 Å². The van der Waals surface area contributed by atoms with E-state index in [0.717, 1.165) is 36.6 Å². The van der Waals surface area contributed by atoms with Crippen LogP contribution < -0.4 is 10.1 Å². The number of likely N-dealkylation sites (tertiary alicyclic amines) is 1. The van der Waals surface area contributed by atoms with Crippen molar-refractivity contribution >= 4 is 17.4 Å². The Morgan fingerprint density at radius 3 is 2.68 bits per heavy atom. The van der Waals surface area contributed by atoms with Gasteiger partial charge in [-0.25, -0.2) is 4.98 Å². The quantitative estimate of drug-likeness (QED) is 0.707.